The van der Waals surface area contributed by atoms with Gasteiger partial charge < -0.3 is 5.32 Å². The lowest BCUT2D eigenvalue weighted by Gasteiger charge is -2.31. The summed E-state index contributed by atoms with van der Waals surface area (Å²) in [5.74, 6) is 0.527. The average Bonchev–Trinajstić information content (AvgIpc) is 2.53. The third-order valence-electron chi connectivity index (χ3n) is 4.22. The van der Waals surface area contributed by atoms with Gasteiger partial charge in [-0.2, -0.15) is 9.57 Å². The Balaban J connectivity index is 0.00000264. The summed E-state index contributed by atoms with van der Waals surface area (Å²) in [6.07, 6.45) is 1.72. The van der Waals surface area contributed by atoms with Crippen LogP contribution < -0.4 is 5.32 Å². The molecule has 0 saturated carbocycles. The fourth-order valence-corrected chi connectivity index (χ4v) is 4.53. The van der Waals surface area contributed by atoms with Crippen LogP contribution in [0.25, 0.3) is 0 Å². The van der Waals surface area contributed by atoms with Crippen LogP contribution in [-0.2, 0) is 10.0 Å². The molecule has 1 aliphatic rings. The predicted octanol–water partition coefficient (Wildman–Crippen LogP) is 2.30. The fourth-order valence-electron chi connectivity index (χ4n) is 2.84. The van der Waals surface area contributed by atoms with Gasteiger partial charge in [-0.25, -0.2) is 8.42 Å². The van der Waals surface area contributed by atoms with Crippen LogP contribution in [0.15, 0.2) is 23.1 Å². The van der Waals surface area contributed by atoms with Crippen molar-refractivity contribution in [3.05, 3.63) is 29.3 Å². The minimum absolute atomic E-state index is 0. The first-order chi connectivity index (χ1) is 10.5. The maximum atomic E-state index is 12.8. The zero-order valence-electron chi connectivity index (χ0n) is 13.6. The molecule has 0 unspecified atom stereocenters. The van der Waals surface area contributed by atoms with Crippen LogP contribution in [0, 0.1) is 24.2 Å². The lowest BCUT2D eigenvalue weighted by molar-refractivity contribution is 0.268. The van der Waals surface area contributed by atoms with Crippen molar-refractivity contribution in [3.63, 3.8) is 0 Å². The monoisotopic (exact) mass is 357 g/mol. The Kier molecular flexibility index (Phi) is 7.49. The number of nitrogens with zero attached hydrogens (tertiary/aromatic N) is 2. The van der Waals surface area contributed by atoms with Crippen molar-refractivity contribution < 1.29 is 8.42 Å². The molecule has 0 bridgehead atoms. The molecule has 1 saturated heterocycles. The van der Waals surface area contributed by atoms with E-state index in [0.29, 0.717) is 24.6 Å². The molecule has 128 valence electrons. The lowest BCUT2D eigenvalue weighted by Crippen LogP contribution is -2.41. The minimum atomic E-state index is -3.58. The third-order valence-corrected chi connectivity index (χ3v) is 6.16. The van der Waals surface area contributed by atoms with Gasteiger partial charge in [-0.1, -0.05) is 19.1 Å². The Bertz CT molecular complexity index is 662. The topological polar surface area (TPSA) is 73.2 Å². The van der Waals surface area contributed by atoms with E-state index in [1.807, 2.05) is 6.07 Å². The minimum Gasteiger partial charge on any atom is -0.317 e. The number of hydrogen-bond acceptors (Lipinski definition) is 4. The van der Waals surface area contributed by atoms with Crippen molar-refractivity contribution >= 4 is 22.4 Å². The van der Waals surface area contributed by atoms with E-state index in [9.17, 15) is 13.7 Å². The molecule has 7 heteroatoms. The van der Waals surface area contributed by atoms with Crippen LogP contribution in [0.4, 0.5) is 0 Å². The number of nitrogens with one attached hydrogen (secondary N) is 1. The third kappa shape index (κ3) is 4.45. The predicted molar refractivity (Wildman–Crippen MR) is 93.2 cm³/mol. The molecule has 0 radical (unpaired) electrons. The molecule has 0 aliphatic carbocycles. The van der Waals surface area contributed by atoms with Gasteiger partial charge in [-0.05, 0) is 50.4 Å². The smallest absolute Gasteiger partial charge is 0.244 e. The quantitative estimate of drug-likeness (QED) is 0.877. The first-order valence-corrected chi connectivity index (χ1v) is 9.15. The number of benzene rings is 1. The second-order valence-corrected chi connectivity index (χ2v) is 7.62. The van der Waals surface area contributed by atoms with Crippen molar-refractivity contribution in [3.8, 4) is 6.07 Å². The second kappa shape index (κ2) is 8.65. The fraction of sp³-hybridized carbons (Fsp3) is 0.562. The van der Waals surface area contributed by atoms with Crippen molar-refractivity contribution in [2.24, 2.45) is 5.92 Å². The van der Waals surface area contributed by atoms with E-state index < -0.39 is 10.0 Å². The average molecular weight is 358 g/mol. The summed E-state index contributed by atoms with van der Waals surface area (Å²) < 4.78 is 27.1. The van der Waals surface area contributed by atoms with Gasteiger partial charge >= 0.3 is 0 Å². The van der Waals surface area contributed by atoms with Gasteiger partial charge in [0, 0.05) is 13.1 Å². The Morgan fingerprint density at radius 1 is 1.35 bits per heavy atom. The SMILES string of the molecule is CCNCC1CCN(S(=O)(=O)c2cccc(C)c2C#N)CC1.Cl. The molecule has 1 aromatic rings. The van der Waals surface area contributed by atoms with E-state index in [2.05, 4.69) is 12.2 Å². The van der Waals surface area contributed by atoms with Crippen LogP contribution in [0.5, 0.6) is 0 Å². The number of aryl methyl sites for hydroxylation is 1. The van der Waals surface area contributed by atoms with Crippen LogP contribution in [0.1, 0.15) is 30.9 Å². The van der Waals surface area contributed by atoms with Gasteiger partial charge in [-0.3, -0.25) is 0 Å². The van der Waals surface area contributed by atoms with Gasteiger partial charge in [0.2, 0.25) is 10.0 Å². The number of hydrogen-bond donors (Lipinski definition) is 1. The number of rotatable bonds is 5. The van der Waals surface area contributed by atoms with E-state index in [4.69, 9.17) is 0 Å². The largest absolute Gasteiger partial charge is 0.317 e. The molecular weight excluding hydrogens is 334 g/mol. The van der Waals surface area contributed by atoms with E-state index in [1.165, 1.54) is 10.4 Å². The first kappa shape index (κ1) is 19.9. The summed E-state index contributed by atoms with van der Waals surface area (Å²) in [7, 11) is -3.58. The Morgan fingerprint density at radius 3 is 2.57 bits per heavy atom. The molecule has 5 nitrogen and oxygen atoms in total. The highest BCUT2D eigenvalue weighted by Gasteiger charge is 2.31. The summed E-state index contributed by atoms with van der Waals surface area (Å²) >= 11 is 0. The zero-order valence-corrected chi connectivity index (χ0v) is 15.2. The Hall–Kier alpha value is -1.13. The van der Waals surface area contributed by atoms with Crippen molar-refractivity contribution in [1.29, 1.82) is 5.26 Å². The number of sulfonamides is 1. The van der Waals surface area contributed by atoms with Crippen LogP contribution in [-0.4, -0.2) is 38.9 Å². The summed E-state index contributed by atoms with van der Waals surface area (Å²) in [5.41, 5.74) is 0.961. The van der Waals surface area contributed by atoms with Crippen molar-refractivity contribution in [2.75, 3.05) is 26.2 Å². The molecule has 1 fully saturated rings. The molecule has 2 rings (SSSR count). The molecule has 1 aliphatic heterocycles. The van der Waals surface area contributed by atoms with E-state index in [1.54, 1.807) is 19.1 Å². The number of nitriles is 1. The molecule has 1 N–H and O–H groups in total. The number of piperidine rings is 1. The van der Waals surface area contributed by atoms with E-state index >= 15 is 0 Å². The molecule has 0 atom stereocenters. The van der Waals surface area contributed by atoms with Crippen LogP contribution in [0.2, 0.25) is 0 Å². The van der Waals surface area contributed by atoms with Crippen molar-refractivity contribution in [2.45, 2.75) is 31.6 Å². The van der Waals surface area contributed by atoms with E-state index in [-0.39, 0.29) is 22.9 Å². The summed E-state index contributed by atoms with van der Waals surface area (Å²) in [5, 5.41) is 12.6. The van der Waals surface area contributed by atoms with Crippen LogP contribution >= 0.6 is 12.4 Å². The first-order valence-electron chi connectivity index (χ1n) is 7.71. The molecule has 1 heterocycles. The van der Waals surface area contributed by atoms with E-state index in [0.717, 1.165) is 25.9 Å². The summed E-state index contributed by atoms with van der Waals surface area (Å²) in [6, 6.07) is 7.02. The highest BCUT2D eigenvalue weighted by molar-refractivity contribution is 7.89. The van der Waals surface area contributed by atoms with Gasteiger partial charge in [-0.15, -0.1) is 12.4 Å². The maximum Gasteiger partial charge on any atom is 0.244 e. The van der Waals surface area contributed by atoms with Gasteiger partial charge in [0.15, 0.2) is 0 Å². The number of halogens is 1. The molecule has 0 amide bonds. The van der Waals surface area contributed by atoms with Gasteiger partial charge in [0.25, 0.3) is 0 Å². The normalized spacial score (nSPS) is 16.6. The second-order valence-electron chi connectivity index (χ2n) is 5.71. The molecule has 23 heavy (non-hydrogen) atoms. The Labute approximate surface area is 145 Å². The van der Waals surface area contributed by atoms with Gasteiger partial charge in [0.1, 0.15) is 11.0 Å². The highest BCUT2D eigenvalue weighted by Crippen LogP contribution is 2.26. The zero-order chi connectivity index (χ0) is 16.2. The van der Waals surface area contributed by atoms with Crippen molar-refractivity contribution in [1.82, 2.24) is 9.62 Å². The molecule has 1 aromatic carbocycles. The summed E-state index contributed by atoms with van der Waals surface area (Å²) in [4.78, 5) is 0.139. The lowest BCUT2D eigenvalue weighted by atomic mass is 9.98. The molecule has 0 aromatic heterocycles. The highest BCUT2D eigenvalue weighted by atomic mass is 35.5. The Morgan fingerprint density at radius 2 is 2.00 bits per heavy atom. The van der Waals surface area contributed by atoms with Crippen LogP contribution in [0.3, 0.4) is 0 Å². The summed E-state index contributed by atoms with van der Waals surface area (Å²) in [6.45, 7) is 6.76. The molecule has 0 spiro atoms. The van der Waals surface area contributed by atoms with Gasteiger partial charge in [0.05, 0.1) is 5.56 Å². The molecular formula is C16H24ClN3O2S. The maximum absolute atomic E-state index is 12.8. The standard InChI is InChI=1S/C16H23N3O2S.ClH/c1-3-18-12-14-7-9-19(10-8-14)22(20,21)16-6-4-5-13(2)15(16)11-17;/h4-6,14,18H,3,7-10,12H2,1-2H3;1H.